The van der Waals surface area contributed by atoms with Crippen LogP contribution in [-0.2, 0) is 11.3 Å². The summed E-state index contributed by atoms with van der Waals surface area (Å²) in [6, 6.07) is 7.64. The van der Waals surface area contributed by atoms with Crippen molar-refractivity contribution in [3.8, 4) is 5.75 Å². The fourth-order valence-electron chi connectivity index (χ4n) is 2.54. The number of hydrogen-bond donors (Lipinski definition) is 2. The summed E-state index contributed by atoms with van der Waals surface area (Å²) in [4.78, 5) is 2.22. The molecule has 0 spiro atoms. The van der Waals surface area contributed by atoms with Crippen LogP contribution in [0.2, 0.25) is 0 Å². The van der Waals surface area contributed by atoms with Gasteiger partial charge in [0.2, 0.25) is 0 Å². The third-order valence-electron chi connectivity index (χ3n) is 3.58. The molecule has 1 aromatic carbocycles. The van der Waals surface area contributed by atoms with Gasteiger partial charge < -0.3 is 20.3 Å². The van der Waals surface area contributed by atoms with Crippen LogP contribution in [0.1, 0.15) is 19.4 Å². The van der Waals surface area contributed by atoms with Gasteiger partial charge in [0.15, 0.2) is 0 Å². The van der Waals surface area contributed by atoms with Crippen molar-refractivity contribution in [3.05, 3.63) is 29.8 Å². The first-order valence-electron chi connectivity index (χ1n) is 7.45. The van der Waals surface area contributed by atoms with E-state index < -0.39 is 6.10 Å². The van der Waals surface area contributed by atoms with E-state index in [0.29, 0.717) is 26.3 Å². The van der Waals surface area contributed by atoms with E-state index in [9.17, 15) is 5.11 Å². The molecule has 1 saturated heterocycles. The average molecular weight is 294 g/mol. The summed E-state index contributed by atoms with van der Waals surface area (Å²) in [7, 11) is 0. The molecule has 1 aliphatic heterocycles. The lowest BCUT2D eigenvalue weighted by Gasteiger charge is -2.38. The zero-order valence-corrected chi connectivity index (χ0v) is 12.9. The van der Waals surface area contributed by atoms with Gasteiger partial charge in [-0.2, -0.15) is 0 Å². The molecule has 21 heavy (non-hydrogen) atoms. The van der Waals surface area contributed by atoms with Crippen LogP contribution in [0.25, 0.3) is 0 Å². The number of β-amino-alcohol motifs (C(OH)–C–C–N with tert-alkyl or cyclic N) is 1. The smallest absolute Gasteiger partial charge is 0.119 e. The van der Waals surface area contributed by atoms with Crippen molar-refractivity contribution in [1.29, 1.82) is 0 Å². The summed E-state index contributed by atoms with van der Waals surface area (Å²) in [5.41, 5.74) is 6.48. The van der Waals surface area contributed by atoms with Crippen molar-refractivity contribution in [2.45, 2.75) is 32.1 Å². The molecule has 0 radical (unpaired) electrons. The number of nitrogens with two attached hydrogens (primary N) is 1. The van der Waals surface area contributed by atoms with Gasteiger partial charge in [-0.05, 0) is 31.5 Å². The average Bonchev–Trinajstić information content (AvgIpc) is 2.44. The Kier molecular flexibility index (Phi) is 5.58. The van der Waals surface area contributed by atoms with Crippen molar-refractivity contribution < 1.29 is 14.6 Å². The number of rotatable bonds is 6. The zero-order valence-electron chi connectivity index (χ0n) is 12.9. The van der Waals surface area contributed by atoms with Crippen LogP contribution in [0.5, 0.6) is 5.75 Å². The standard InChI is InChI=1S/C16H26N2O3/c1-16(2)12-18(7-8-21-16)10-14(19)11-20-15-5-3-13(9-17)4-6-15/h3-6,14,19H,7-12,17H2,1-2H3. The summed E-state index contributed by atoms with van der Waals surface area (Å²) >= 11 is 0. The summed E-state index contributed by atoms with van der Waals surface area (Å²) < 4.78 is 11.3. The lowest BCUT2D eigenvalue weighted by Crippen LogP contribution is -2.50. The van der Waals surface area contributed by atoms with E-state index in [-0.39, 0.29) is 5.60 Å². The van der Waals surface area contributed by atoms with Gasteiger partial charge in [-0.15, -0.1) is 0 Å². The third kappa shape index (κ3) is 5.28. The fraction of sp³-hybridized carbons (Fsp3) is 0.625. The van der Waals surface area contributed by atoms with Crippen molar-refractivity contribution in [2.24, 2.45) is 5.73 Å². The minimum absolute atomic E-state index is 0.142. The minimum Gasteiger partial charge on any atom is -0.491 e. The highest BCUT2D eigenvalue weighted by atomic mass is 16.5. The van der Waals surface area contributed by atoms with Crippen molar-refractivity contribution >= 4 is 0 Å². The Morgan fingerprint density at radius 2 is 2.10 bits per heavy atom. The molecule has 0 bridgehead atoms. The monoisotopic (exact) mass is 294 g/mol. The Balaban J connectivity index is 1.75. The Bertz CT molecular complexity index is 434. The van der Waals surface area contributed by atoms with Gasteiger partial charge in [0.25, 0.3) is 0 Å². The minimum atomic E-state index is -0.506. The molecule has 118 valence electrons. The Morgan fingerprint density at radius 1 is 1.38 bits per heavy atom. The largest absolute Gasteiger partial charge is 0.491 e. The normalized spacial score (nSPS) is 20.2. The van der Waals surface area contributed by atoms with Crippen LogP contribution in [-0.4, -0.2) is 54.6 Å². The molecular weight excluding hydrogens is 268 g/mol. The van der Waals surface area contributed by atoms with Crippen molar-refractivity contribution in [3.63, 3.8) is 0 Å². The van der Waals surface area contributed by atoms with E-state index >= 15 is 0 Å². The number of ether oxygens (including phenoxy) is 2. The van der Waals surface area contributed by atoms with Crippen LogP contribution in [0, 0.1) is 0 Å². The SMILES string of the molecule is CC1(C)CN(CC(O)COc2ccc(CN)cc2)CCO1. The van der Waals surface area contributed by atoms with Gasteiger partial charge in [-0.1, -0.05) is 12.1 Å². The predicted octanol–water partition coefficient (Wildman–Crippen LogP) is 0.996. The van der Waals surface area contributed by atoms with Crippen LogP contribution in [0.4, 0.5) is 0 Å². The molecule has 2 rings (SSSR count). The lowest BCUT2D eigenvalue weighted by atomic mass is 10.1. The van der Waals surface area contributed by atoms with Gasteiger partial charge in [-0.25, -0.2) is 0 Å². The number of nitrogens with zero attached hydrogens (tertiary/aromatic N) is 1. The van der Waals surface area contributed by atoms with E-state index in [1.807, 2.05) is 24.3 Å². The second-order valence-corrected chi connectivity index (χ2v) is 6.16. The molecule has 0 saturated carbocycles. The molecule has 3 N–H and O–H groups in total. The lowest BCUT2D eigenvalue weighted by molar-refractivity contribution is -0.0947. The van der Waals surface area contributed by atoms with Crippen molar-refractivity contribution in [2.75, 3.05) is 32.8 Å². The molecule has 1 atom stereocenters. The van der Waals surface area contributed by atoms with Crippen LogP contribution in [0.15, 0.2) is 24.3 Å². The third-order valence-corrected chi connectivity index (χ3v) is 3.58. The maximum Gasteiger partial charge on any atom is 0.119 e. The predicted molar refractivity (Wildman–Crippen MR) is 82.3 cm³/mol. The Labute approximate surface area is 126 Å². The van der Waals surface area contributed by atoms with Crippen LogP contribution in [0.3, 0.4) is 0 Å². The molecule has 5 nitrogen and oxygen atoms in total. The highest BCUT2D eigenvalue weighted by molar-refractivity contribution is 5.27. The van der Waals surface area contributed by atoms with Crippen LogP contribution >= 0.6 is 0 Å². The molecule has 0 aromatic heterocycles. The molecule has 1 unspecified atom stereocenters. The number of hydrogen-bond acceptors (Lipinski definition) is 5. The maximum atomic E-state index is 10.1. The van der Waals surface area contributed by atoms with Crippen LogP contribution < -0.4 is 10.5 Å². The fourth-order valence-corrected chi connectivity index (χ4v) is 2.54. The highest BCUT2D eigenvalue weighted by Crippen LogP contribution is 2.17. The Morgan fingerprint density at radius 3 is 2.71 bits per heavy atom. The van der Waals surface area contributed by atoms with Gasteiger partial charge >= 0.3 is 0 Å². The Hall–Kier alpha value is -1.14. The van der Waals surface area contributed by atoms with E-state index in [1.165, 1.54) is 0 Å². The first-order valence-corrected chi connectivity index (χ1v) is 7.45. The molecule has 1 aromatic rings. The molecule has 0 aliphatic carbocycles. The molecule has 5 heteroatoms. The number of morpholine rings is 1. The summed E-state index contributed by atoms with van der Waals surface area (Å²) in [5, 5.41) is 10.1. The summed E-state index contributed by atoms with van der Waals surface area (Å²) in [6.45, 7) is 7.95. The molecule has 1 aliphatic rings. The topological polar surface area (TPSA) is 68.0 Å². The summed E-state index contributed by atoms with van der Waals surface area (Å²) in [5.74, 6) is 0.758. The first kappa shape index (κ1) is 16.2. The number of aliphatic hydroxyl groups excluding tert-OH is 1. The number of benzene rings is 1. The van der Waals surface area contributed by atoms with Crippen molar-refractivity contribution in [1.82, 2.24) is 4.90 Å². The number of aliphatic hydroxyl groups is 1. The van der Waals surface area contributed by atoms with E-state index in [4.69, 9.17) is 15.2 Å². The zero-order chi connectivity index (χ0) is 15.3. The second kappa shape index (κ2) is 7.22. The van der Waals surface area contributed by atoms with Gasteiger partial charge in [0, 0.05) is 26.2 Å². The quantitative estimate of drug-likeness (QED) is 0.819. The maximum absolute atomic E-state index is 10.1. The first-order chi connectivity index (χ1) is 9.98. The highest BCUT2D eigenvalue weighted by Gasteiger charge is 2.28. The van der Waals surface area contributed by atoms with E-state index in [2.05, 4.69) is 18.7 Å². The molecule has 1 heterocycles. The summed E-state index contributed by atoms with van der Waals surface area (Å²) in [6.07, 6.45) is -0.506. The van der Waals surface area contributed by atoms with E-state index in [0.717, 1.165) is 24.4 Å². The van der Waals surface area contributed by atoms with E-state index in [1.54, 1.807) is 0 Å². The van der Waals surface area contributed by atoms with Gasteiger partial charge in [0.1, 0.15) is 18.5 Å². The van der Waals surface area contributed by atoms with Gasteiger partial charge in [0.05, 0.1) is 12.2 Å². The molecule has 1 fully saturated rings. The molecular formula is C16H26N2O3. The second-order valence-electron chi connectivity index (χ2n) is 6.16. The molecule has 0 amide bonds. The van der Waals surface area contributed by atoms with Gasteiger partial charge in [-0.3, -0.25) is 4.90 Å².